The van der Waals surface area contributed by atoms with Gasteiger partial charge in [0.1, 0.15) is 11.6 Å². The van der Waals surface area contributed by atoms with Gasteiger partial charge in [-0.15, -0.1) is 5.10 Å². The van der Waals surface area contributed by atoms with Gasteiger partial charge in [0.15, 0.2) is 10.8 Å². The van der Waals surface area contributed by atoms with Crippen LogP contribution >= 0.6 is 11.8 Å². The summed E-state index contributed by atoms with van der Waals surface area (Å²) in [4.78, 5) is 21.9. The van der Waals surface area contributed by atoms with Gasteiger partial charge >= 0.3 is 0 Å². The number of thioether (sulfide) groups is 1. The molecular weight excluding hydrogens is 377 g/mol. The quantitative estimate of drug-likeness (QED) is 0.404. The highest BCUT2D eigenvalue weighted by Gasteiger charge is 2.22. The number of aromatic nitrogens is 4. The number of aryl methyl sites for hydroxylation is 1. The van der Waals surface area contributed by atoms with Crippen LogP contribution in [-0.2, 0) is 4.79 Å². The van der Waals surface area contributed by atoms with E-state index in [9.17, 15) is 9.18 Å². The van der Waals surface area contributed by atoms with E-state index in [1.165, 1.54) is 23.9 Å². The molecule has 0 unspecified atom stereocenters. The number of benzene rings is 2. The molecule has 142 valence electrons. The van der Waals surface area contributed by atoms with Gasteiger partial charge in [-0.1, -0.05) is 43.0 Å². The zero-order chi connectivity index (χ0) is 19.7. The second-order valence-electron chi connectivity index (χ2n) is 6.29. The van der Waals surface area contributed by atoms with E-state index >= 15 is 0 Å². The predicted octanol–water partition coefficient (Wildman–Crippen LogP) is 4.23. The topological polar surface area (TPSA) is 72.2 Å². The molecular formula is C20H18FN5OS. The third kappa shape index (κ3) is 3.43. The minimum atomic E-state index is -0.464. The van der Waals surface area contributed by atoms with Gasteiger partial charge in [0.05, 0.1) is 16.5 Å². The van der Waals surface area contributed by atoms with E-state index < -0.39 is 11.1 Å². The molecule has 0 saturated carbocycles. The normalized spacial score (nSPS) is 12.4. The number of halogens is 1. The van der Waals surface area contributed by atoms with Crippen LogP contribution in [0.25, 0.3) is 16.6 Å². The molecule has 2 aromatic carbocycles. The van der Waals surface area contributed by atoms with Gasteiger partial charge in [-0.05, 0) is 37.6 Å². The lowest BCUT2D eigenvalue weighted by atomic mass is 10.2. The highest BCUT2D eigenvalue weighted by Crippen LogP contribution is 2.29. The lowest BCUT2D eigenvalue weighted by molar-refractivity contribution is -0.115. The third-order valence-electron chi connectivity index (χ3n) is 4.30. The number of nitrogens with zero attached hydrogens (tertiary/aromatic N) is 4. The molecule has 8 heteroatoms. The van der Waals surface area contributed by atoms with Crippen LogP contribution in [0.4, 0.5) is 10.1 Å². The zero-order valence-corrected chi connectivity index (χ0v) is 16.2. The van der Waals surface area contributed by atoms with E-state index in [2.05, 4.69) is 20.4 Å². The molecule has 0 aliphatic rings. The maximum absolute atomic E-state index is 13.9. The molecule has 0 saturated heterocycles. The Morgan fingerprint density at radius 1 is 1.18 bits per heavy atom. The van der Waals surface area contributed by atoms with Crippen LogP contribution < -0.4 is 5.32 Å². The van der Waals surface area contributed by atoms with Crippen molar-refractivity contribution in [3.63, 3.8) is 0 Å². The molecule has 0 spiro atoms. The number of hydrogen-bond acceptors (Lipinski definition) is 5. The van der Waals surface area contributed by atoms with Gasteiger partial charge < -0.3 is 5.32 Å². The molecule has 0 bridgehead atoms. The minimum Gasteiger partial charge on any atom is -0.323 e. The van der Waals surface area contributed by atoms with Crippen LogP contribution in [0, 0.1) is 12.7 Å². The standard InChI is InChI=1S/C20H18FN5OS/c1-3-17(19(27)23-16-11-7-5-9-14(16)21)28-20-24-15-10-6-4-8-13(15)18-22-12(2)25-26(18)20/h4-11,17H,3H2,1-2H3,(H,23,27)/t17-/m0/s1. The van der Waals surface area contributed by atoms with E-state index in [1.54, 1.807) is 16.6 Å². The fourth-order valence-corrected chi connectivity index (χ4v) is 3.90. The van der Waals surface area contributed by atoms with Crippen molar-refractivity contribution in [2.75, 3.05) is 5.32 Å². The first-order valence-corrected chi connectivity index (χ1v) is 9.79. The van der Waals surface area contributed by atoms with Gasteiger partial charge in [-0.3, -0.25) is 4.79 Å². The number of amides is 1. The molecule has 0 radical (unpaired) electrons. The fourth-order valence-electron chi connectivity index (χ4n) is 2.93. The molecule has 0 fully saturated rings. The number of para-hydroxylation sites is 2. The first kappa shape index (κ1) is 18.4. The van der Waals surface area contributed by atoms with Crippen LogP contribution in [0.1, 0.15) is 19.2 Å². The summed E-state index contributed by atoms with van der Waals surface area (Å²) >= 11 is 1.29. The molecule has 2 aromatic heterocycles. The van der Waals surface area contributed by atoms with Crippen molar-refractivity contribution < 1.29 is 9.18 Å². The van der Waals surface area contributed by atoms with E-state index in [0.29, 0.717) is 23.0 Å². The van der Waals surface area contributed by atoms with Gasteiger partial charge in [0.2, 0.25) is 5.91 Å². The fraction of sp³-hybridized carbons (Fsp3) is 0.200. The van der Waals surface area contributed by atoms with Crippen LogP contribution in [0.2, 0.25) is 0 Å². The van der Waals surface area contributed by atoms with Crippen LogP contribution in [0.15, 0.2) is 53.7 Å². The second-order valence-corrected chi connectivity index (χ2v) is 7.46. The van der Waals surface area contributed by atoms with Crippen molar-refractivity contribution in [1.82, 2.24) is 19.6 Å². The first-order valence-electron chi connectivity index (χ1n) is 8.91. The molecule has 4 rings (SSSR count). The largest absolute Gasteiger partial charge is 0.323 e. The average molecular weight is 395 g/mol. The highest BCUT2D eigenvalue weighted by atomic mass is 32.2. The second kappa shape index (κ2) is 7.55. The van der Waals surface area contributed by atoms with Gasteiger partial charge in [-0.25, -0.2) is 14.4 Å². The summed E-state index contributed by atoms with van der Waals surface area (Å²) in [5.74, 6) is -0.116. The molecule has 1 N–H and O–H groups in total. The monoisotopic (exact) mass is 395 g/mol. The van der Waals surface area contributed by atoms with Crippen molar-refractivity contribution in [1.29, 1.82) is 0 Å². The maximum atomic E-state index is 13.9. The summed E-state index contributed by atoms with van der Waals surface area (Å²) in [5, 5.41) is 8.12. The third-order valence-corrected chi connectivity index (χ3v) is 5.60. The van der Waals surface area contributed by atoms with Crippen molar-refractivity contribution >= 4 is 39.9 Å². The summed E-state index contributed by atoms with van der Waals surface area (Å²) in [7, 11) is 0. The van der Waals surface area contributed by atoms with Crippen molar-refractivity contribution in [2.24, 2.45) is 0 Å². The molecule has 1 atom stereocenters. The number of nitrogens with one attached hydrogen (secondary N) is 1. The Bertz CT molecular complexity index is 1180. The Balaban J connectivity index is 1.68. The maximum Gasteiger partial charge on any atom is 0.238 e. The zero-order valence-electron chi connectivity index (χ0n) is 15.4. The molecule has 0 aliphatic carbocycles. The summed E-state index contributed by atoms with van der Waals surface area (Å²) in [6.07, 6.45) is 0.550. The number of hydrogen-bond donors (Lipinski definition) is 1. The number of fused-ring (bicyclic) bond motifs is 3. The summed E-state index contributed by atoms with van der Waals surface area (Å²) in [6.45, 7) is 3.72. The molecule has 2 heterocycles. The number of carbonyl (C=O) groups is 1. The Labute approximate surface area is 165 Å². The smallest absolute Gasteiger partial charge is 0.238 e. The lowest BCUT2D eigenvalue weighted by Crippen LogP contribution is -2.25. The number of rotatable bonds is 5. The van der Waals surface area contributed by atoms with Gasteiger partial charge in [0, 0.05) is 5.39 Å². The molecule has 0 aliphatic heterocycles. The first-order chi connectivity index (χ1) is 13.6. The average Bonchev–Trinajstić information content (AvgIpc) is 3.09. The van der Waals surface area contributed by atoms with Gasteiger partial charge in [0.25, 0.3) is 0 Å². The molecule has 6 nitrogen and oxygen atoms in total. The summed E-state index contributed by atoms with van der Waals surface area (Å²) < 4.78 is 15.5. The number of carbonyl (C=O) groups excluding carboxylic acids is 1. The summed E-state index contributed by atoms with van der Waals surface area (Å²) in [6, 6.07) is 13.8. The van der Waals surface area contributed by atoms with E-state index in [-0.39, 0.29) is 11.6 Å². The predicted molar refractivity (Wildman–Crippen MR) is 108 cm³/mol. The van der Waals surface area contributed by atoms with E-state index in [0.717, 1.165) is 10.9 Å². The Kier molecular flexibility index (Phi) is 4.95. The summed E-state index contributed by atoms with van der Waals surface area (Å²) in [5.41, 5.74) is 1.66. The van der Waals surface area contributed by atoms with Crippen molar-refractivity contribution in [3.8, 4) is 0 Å². The van der Waals surface area contributed by atoms with Crippen molar-refractivity contribution in [2.45, 2.75) is 30.7 Å². The molecule has 1 amide bonds. The Morgan fingerprint density at radius 3 is 2.71 bits per heavy atom. The van der Waals surface area contributed by atoms with Crippen LogP contribution in [-0.4, -0.2) is 30.7 Å². The Morgan fingerprint density at radius 2 is 1.93 bits per heavy atom. The van der Waals surface area contributed by atoms with Crippen LogP contribution in [0.3, 0.4) is 0 Å². The highest BCUT2D eigenvalue weighted by molar-refractivity contribution is 8.00. The Hall–Kier alpha value is -3.00. The SMILES string of the molecule is CC[C@H](Sc1nc2ccccc2c2nc(C)nn12)C(=O)Nc1ccccc1F. The van der Waals surface area contributed by atoms with Gasteiger partial charge in [-0.2, -0.15) is 4.52 Å². The number of anilines is 1. The van der Waals surface area contributed by atoms with Crippen LogP contribution in [0.5, 0.6) is 0 Å². The van der Waals surface area contributed by atoms with Crippen molar-refractivity contribution in [3.05, 3.63) is 60.2 Å². The molecule has 28 heavy (non-hydrogen) atoms. The lowest BCUT2D eigenvalue weighted by Gasteiger charge is -2.15. The minimum absolute atomic E-state index is 0.166. The van der Waals surface area contributed by atoms with E-state index in [1.807, 2.05) is 38.1 Å². The van der Waals surface area contributed by atoms with E-state index in [4.69, 9.17) is 0 Å². The molecule has 4 aromatic rings.